The smallest absolute Gasteiger partial charge is 0.338 e. The summed E-state index contributed by atoms with van der Waals surface area (Å²) in [5, 5.41) is 2.65. The van der Waals surface area contributed by atoms with E-state index >= 15 is 0 Å². The predicted molar refractivity (Wildman–Crippen MR) is 92.5 cm³/mol. The number of carbonyl (C=O) groups is 3. The minimum absolute atomic E-state index is 0.154. The largest absolute Gasteiger partial charge is 0.465 e. The van der Waals surface area contributed by atoms with Crippen LogP contribution in [0.4, 0.5) is 0 Å². The van der Waals surface area contributed by atoms with Gasteiger partial charge in [0.2, 0.25) is 6.79 Å². The Bertz CT molecular complexity index is 878. The van der Waals surface area contributed by atoms with Gasteiger partial charge in [-0.3, -0.25) is 4.79 Å². The van der Waals surface area contributed by atoms with Crippen molar-refractivity contribution in [3.8, 4) is 11.5 Å². The summed E-state index contributed by atoms with van der Waals surface area (Å²) >= 11 is 0. The van der Waals surface area contributed by atoms with Crippen molar-refractivity contribution in [3.05, 3.63) is 59.2 Å². The van der Waals surface area contributed by atoms with Crippen LogP contribution in [0.25, 0.3) is 0 Å². The van der Waals surface area contributed by atoms with Crippen LogP contribution in [0.1, 0.15) is 26.3 Å². The van der Waals surface area contributed by atoms with Crippen molar-refractivity contribution in [2.75, 3.05) is 20.5 Å². The molecular weight excluding hydrogens is 354 g/mol. The Morgan fingerprint density at radius 3 is 2.52 bits per heavy atom. The van der Waals surface area contributed by atoms with Crippen LogP contribution in [0, 0.1) is 0 Å². The van der Waals surface area contributed by atoms with Crippen molar-refractivity contribution < 1.29 is 33.3 Å². The molecule has 0 fully saturated rings. The highest BCUT2D eigenvalue weighted by Crippen LogP contribution is 2.32. The Kier molecular flexibility index (Phi) is 5.55. The zero-order valence-electron chi connectivity index (χ0n) is 14.5. The second-order valence-corrected chi connectivity index (χ2v) is 5.61. The molecule has 1 aliphatic rings. The van der Waals surface area contributed by atoms with E-state index in [2.05, 4.69) is 10.1 Å². The number of hydrogen-bond donors (Lipinski definition) is 1. The molecule has 0 aliphatic carbocycles. The van der Waals surface area contributed by atoms with Crippen molar-refractivity contribution >= 4 is 17.8 Å². The summed E-state index contributed by atoms with van der Waals surface area (Å²) in [5.41, 5.74) is 1.20. The van der Waals surface area contributed by atoms with Crippen LogP contribution in [-0.4, -0.2) is 38.4 Å². The summed E-state index contributed by atoms with van der Waals surface area (Å²) < 4.78 is 20.1. The summed E-state index contributed by atoms with van der Waals surface area (Å²) in [6.45, 7) is -0.00500. The second kappa shape index (κ2) is 8.22. The highest BCUT2D eigenvalue weighted by Gasteiger charge is 2.15. The number of fused-ring (bicyclic) bond motifs is 1. The molecular formula is C19H17NO7. The Morgan fingerprint density at radius 2 is 1.74 bits per heavy atom. The van der Waals surface area contributed by atoms with Crippen LogP contribution in [0.3, 0.4) is 0 Å². The Hall–Kier alpha value is -3.55. The average Bonchev–Trinajstić information content (AvgIpc) is 3.17. The molecule has 0 saturated heterocycles. The van der Waals surface area contributed by atoms with E-state index in [0.717, 1.165) is 5.56 Å². The second-order valence-electron chi connectivity index (χ2n) is 5.61. The van der Waals surface area contributed by atoms with Crippen LogP contribution in [0.5, 0.6) is 11.5 Å². The summed E-state index contributed by atoms with van der Waals surface area (Å²) in [6, 6.07) is 11.2. The molecule has 1 amide bonds. The van der Waals surface area contributed by atoms with Gasteiger partial charge >= 0.3 is 11.9 Å². The van der Waals surface area contributed by atoms with Gasteiger partial charge in [0, 0.05) is 6.54 Å². The van der Waals surface area contributed by atoms with Gasteiger partial charge in [0.1, 0.15) is 0 Å². The fourth-order valence-electron chi connectivity index (χ4n) is 2.41. The Balaban J connectivity index is 1.49. The minimum Gasteiger partial charge on any atom is -0.465 e. The van der Waals surface area contributed by atoms with Crippen LogP contribution < -0.4 is 14.8 Å². The first-order chi connectivity index (χ1) is 13.1. The lowest BCUT2D eigenvalue weighted by atomic mass is 10.1. The van der Waals surface area contributed by atoms with E-state index in [1.54, 1.807) is 18.2 Å². The third kappa shape index (κ3) is 4.55. The van der Waals surface area contributed by atoms with E-state index < -0.39 is 24.5 Å². The van der Waals surface area contributed by atoms with Crippen LogP contribution in [0.15, 0.2) is 42.5 Å². The fourth-order valence-corrected chi connectivity index (χ4v) is 2.41. The summed E-state index contributed by atoms with van der Waals surface area (Å²) in [5.74, 6) is -0.443. The van der Waals surface area contributed by atoms with Crippen LogP contribution in [-0.2, 0) is 20.8 Å². The summed E-state index contributed by atoms with van der Waals surface area (Å²) in [7, 11) is 1.25. The van der Waals surface area contributed by atoms with Crippen molar-refractivity contribution in [1.29, 1.82) is 0 Å². The maximum absolute atomic E-state index is 12.0. The number of esters is 2. The number of nitrogens with one attached hydrogen (secondary N) is 1. The van der Waals surface area contributed by atoms with Gasteiger partial charge in [0.15, 0.2) is 18.1 Å². The molecule has 0 bridgehead atoms. The van der Waals surface area contributed by atoms with Gasteiger partial charge in [-0.1, -0.05) is 12.1 Å². The van der Waals surface area contributed by atoms with Crippen molar-refractivity contribution in [3.63, 3.8) is 0 Å². The quantitative estimate of drug-likeness (QED) is 0.771. The van der Waals surface area contributed by atoms with Crippen molar-refractivity contribution in [1.82, 2.24) is 5.32 Å². The normalized spacial score (nSPS) is 11.6. The first-order valence-corrected chi connectivity index (χ1v) is 8.07. The molecule has 0 saturated carbocycles. The first-order valence-electron chi connectivity index (χ1n) is 8.07. The number of benzene rings is 2. The number of amides is 1. The van der Waals surface area contributed by atoms with Gasteiger partial charge in [-0.25, -0.2) is 9.59 Å². The van der Waals surface area contributed by atoms with Gasteiger partial charge in [-0.05, 0) is 35.9 Å². The Labute approximate surface area is 155 Å². The average molecular weight is 371 g/mol. The number of carbonyl (C=O) groups excluding carboxylic acids is 3. The lowest BCUT2D eigenvalue weighted by Gasteiger charge is -2.08. The molecule has 0 unspecified atom stereocenters. The molecule has 1 heterocycles. The SMILES string of the molecule is COC(=O)c1cccc(C(=O)OCC(=O)NCc2ccc3c(c2)OCO3)c1. The van der Waals surface area contributed by atoms with Crippen molar-refractivity contribution in [2.45, 2.75) is 6.54 Å². The Morgan fingerprint density at radius 1 is 1.00 bits per heavy atom. The molecule has 3 rings (SSSR count). The molecule has 0 spiro atoms. The molecule has 8 nitrogen and oxygen atoms in total. The maximum atomic E-state index is 12.0. The number of methoxy groups -OCH3 is 1. The van der Waals surface area contributed by atoms with E-state index in [1.807, 2.05) is 0 Å². The van der Waals surface area contributed by atoms with Gasteiger partial charge < -0.3 is 24.3 Å². The minimum atomic E-state index is -0.709. The third-order valence-corrected chi connectivity index (χ3v) is 3.78. The van der Waals surface area contributed by atoms with E-state index in [1.165, 1.54) is 31.4 Å². The first kappa shape index (κ1) is 18.2. The molecule has 27 heavy (non-hydrogen) atoms. The van der Waals surface area contributed by atoms with E-state index in [0.29, 0.717) is 11.5 Å². The highest BCUT2D eigenvalue weighted by atomic mass is 16.7. The molecule has 0 aromatic heterocycles. The molecule has 1 N–H and O–H groups in total. The highest BCUT2D eigenvalue weighted by molar-refractivity contribution is 5.96. The number of ether oxygens (including phenoxy) is 4. The molecule has 140 valence electrons. The van der Waals surface area contributed by atoms with Crippen molar-refractivity contribution in [2.24, 2.45) is 0 Å². The summed E-state index contributed by atoms with van der Waals surface area (Å²) in [6.07, 6.45) is 0. The fraction of sp³-hybridized carbons (Fsp3) is 0.211. The topological polar surface area (TPSA) is 100 Å². The molecule has 0 atom stereocenters. The van der Waals surface area contributed by atoms with Crippen LogP contribution >= 0.6 is 0 Å². The molecule has 0 radical (unpaired) electrons. The van der Waals surface area contributed by atoms with E-state index in [9.17, 15) is 14.4 Å². The maximum Gasteiger partial charge on any atom is 0.338 e. The van der Waals surface area contributed by atoms with Gasteiger partial charge in [-0.15, -0.1) is 0 Å². The lowest BCUT2D eigenvalue weighted by molar-refractivity contribution is -0.124. The number of hydrogen-bond acceptors (Lipinski definition) is 7. The monoisotopic (exact) mass is 371 g/mol. The van der Waals surface area contributed by atoms with Crippen LogP contribution in [0.2, 0.25) is 0 Å². The van der Waals surface area contributed by atoms with E-state index in [4.69, 9.17) is 14.2 Å². The molecule has 1 aliphatic heterocycles. The number of rotatable bonds is 6. The summed E-state index contributed by atoms with van der Waals surface area (Å²) in [4.78, 5) is 35.4. The van der Waals surface area contributed by atoms with E-state index in [-0.39, 0.29) is 24.5 Å². The molecule has 2 aromatic rings. The standard InChI is InChI=1S/C19H17NO7/c1-24-18(22)13-3-2-4-14(8-13)19(23)25-10-17(21)20-9-12-5-6-15-16(7-12)27-11-26-15/h2-8H,9-11H2,1H3,(H,20,21). The third-order valence-electron chi connectivity index (χ3n) is 3.78. The zero-order valence-corrected chi connectivity index (χ0v) is 14.5. The molecule has 2 aromatic carbocycles. The van der Waals surface area contributed by atoms with Gasteiger partial charge in [0.05, 0.1) is 18.2 Å². The van der Waals surface area contributed by atoms with Gasteiger partial charge in [0.25, 0.3) is 5.91 Å². The predicted octanol–water partition coefficient (Wildman–Crippen LogP) is 1.68. The lowest BCUT2D eigenvalue weighted by Crippen LogP contribution is -2.28. The molecule has 8 heteroatoms. The van der Waals surface area contributed by atoms with Gasteiger partial charge in [-0.2, -0.15) is 0 Å². The zero-order chi connectivity index (χ0) is 19.2.